The Bertz CT molecular complexity index is 281. The van der Waals surface area contributed by atoms with Crippen LogP contribution in [-0.2, 0) is 9.53 Å². The minimum atomic E-state index is -0.116. The minimum absolute atomic E-state index is 0.0513. The Kier molecular flexibility index (Phi) is 1.60. The molecule has 0 unspecified atom stereocenters. The Balaban J connectivity index is 2.01. The van der Waals surface area contributed by atoms with Crippen LogP contribution in [0.4, 0.5) is 0 Å². The Morgan fingerprint density at radius 1 is 1.83 bits per heavy atom. The number of rotatable bonds is 2. The highest BCUT2D eigenvalue weighted by Gasteiger charge is 2.45. The van der Waals surface area contributed by atoms with Gasteiger partial charge in [0.15, 0.2) is 0 Å². The topological polar surface area (TPSA) is 55.0 Å². The molecule has 0 bridgehead atoms. The van der Waals surface area contributed by atoms with Crippen molar-refractivity contribution in [1.82, 2.24) is 9.97 Å². The third-order valence-electron chi connectivity index (χ3n) is 2.21. The first-order chi connectivity index (χ1) is 5.83. The lowest BCUT2D eigenvalue weighted by Crippen LogP contribution is -2.03. The summed E-state index contributed by atoms with van der Waals surface area (Å²) in [7, 11) is 1.42. The van der Waals surface area contributed by atoms with Crippen LogP contribution in [0.15, 0.2) is 12.5 Å². The van der Waals surface area contributed by atoms with Crippen LogP contribution in [0.25, 0.3) is 0 Å². The van der Waals surface area contributed by atoms with Gasteiger partial charge >= 0.3 is 5.97 Å². The number of carbonyl (C=O) groups is 1. The molecule has 0 spiro atoms. The fourth-order valence-corrected chi connectivity index (χ4v) is 1.42. The van der Waals surface area contributed by atoms with Gasteiger partial charge in [0.2, 0.25) is 0 Å². The molecule has 1 aliphatic carbocycles. The van der Waals surface area contributed by atoms with Crippen LogP contribution in [0, 0.1) is 5.92 Å². The van der Waals surface area contributed by atoms with E-state index in [-0.39, 0.29) is 11.9 Å². The molecule has 1 saturated carbocycles. The Labute approximate surface area is 70.0 Å². The number of methoxy groups -OCH3 is 1. The van der Waals surface area contributed by atoms with E-state index in [4.69, 9.17) is 0 Å². The number of H-pyrrole nitrogens is 1. The van der Waals surface area contributed by atoms with Gasteiger partial charge in [-0.2, -0.15) is 0 Å². The van der Waals surface area contributed by atoms with Crippen LogP contribution in [0.5, 0.6) is 0 Å². The molecule has 1 N–H and O–H groups in total. The molecule has 2 rings (SSSR count). The van der Waals surface area contributed by atoms with Gasteiger partial charge < -0.3 is 9.72 Å². The summed E-state index contributed by atoms with van der Waals surface area (Å²) in [5.41, 5.74) is 1.03. The molecule has 1 fully saturated rings. The number of hydrogen-bond donors (Lipinski definition) is 1. The van der Waals surface area contributed by atoms with E-state index in [1.165, 1.54) is 7.11 Å². The lowest BCUT2D eigenvalue weighted by Gasteiger charge is -1.94. The molecule has 1 aliphatic rings. The number of aromatic amines is 1. The van der Waals surface area contributed by atoms with Gasteiger partial charge in [-0.3, -0.25) is 4.79 Å². The molecule has 1 heterocycles. The van der Waals surface area contributed by atoms with Gasteiger partial charge in [0, 0.05) is 17.8 Å². The van der Waals surface area contributed by atoms with Gasteiger partial charge in [-0.15, -0.1) is 0 Å². The SMILES string of the molecule is COC(=O)[C@@H]1C[C@@H]1c1cnc[nH]1. The highest BCUT2D eigenvalue weighted by molar-refractivity contribution is 5.76. The molecule has 4 heteroatoms. The fraction of sp³-hybridized carbons (Fsp3) is 0.500. The standard InChI is InChI=1S/C8H10N2O2/c1-12-8(11)6-2-5(6)7-3-9-4-10-7/h3-6H,2H2,1H3,(H,9,10)/t5-,6+/m0/s1. The van der Waals surface area contributed by atoms with Gasteiger partial charge in [-0.25, -0.2) is 4.98 Å². The van der Waals surface area contributed by atoms with E-state index >= 15 is 0 Å². The molecule has 1 aromatic heterocycles. The van der Waals surface area contributed by atoms with Crippen molar-refractivity contribution in [3.05, 3.63) is 18.2 Å². The molecular formula is C8H10N2O2. The summed E-state index contributed by atoms with van der Waals surface area (Å²) in [5, 5.41) is 0. The zero-order valence-corrected chi connectivity index (χ0v) is 6.78. The second-order valence-electron chi connectivity index (χ2n) is 2.98. The number of nitrogens with zero attached hydrogens (tertiary/aromatic N) is 1. The average molecular weight is 166 g/mol. The van der Waals surface area contributed by atoms with E-state index in [1.54, 1.807) is 12.5 Å². The normalized spacial score (nSPS) is 26.8. The summed E-state index contributed by atoms with van der Waals surface area (Å²) in [6.07, 6.45) is 4.27. The molecule has 0 aromatic carbocycles. The maximum atomic E-state index is 11.0. The quantitative estimate of drug-likeness (QED) is 0.657. The second-order valence-corrected chi connectivity index (χ2v) is 2.98. The van der Waals surface area contributed by atoms with Gasteiger partial charge in [0.25, 0.3) is 0 Å². The zero-order valence-electron chi connectivity index (χ0n) is 6.78. The zero-order chi connectivity index (χ0) is 8.55. The highest BCUT2D eigenvalue weighted by atomic mass is 16.5. The molecule has 1 aromatic rings. The summed E-state index contributed by atoms with van der Waals surface area (Å²) < 4.78 is 4.63. The van der Waals surface area contributed by atoms with Crippen molar-refractivity contribution in [3.8, 4) is 0 Å². The molecule has 0 aliphatic heterocycles. The third-order valence-corrected chi connectivity index (χ3v) is 2.21. The Morgan fingerprint density at radius 3 is 3.25 bits per heavy atom. The van der Waals surface area contributed by atoms with Gasteiger partial charge in [-0.05, 0) is 6.42 Å². The fourth-order valence-electron chi connectivity index (χ4n) is 1.42. The Hall–Kier alpha value is -1.32. The van der Waals surface area contributed by atoms with E-state index in [1.807, 2.05) is 0 Å². The van der Waals surface area contributed by atoms with Crippen LogP contribution in [-0.4, -0.2) is 23.0 Å². The first-order valence-corrected chi connectivity index (χ1v) is 3.89. The largest absolute Gasteiger partial charge is 0.469 e. The minimum Gasteiger partial charge on any atom is -0.469 e. The summed E-state index contributed by atoms with van der Waals surface area (Å²) >= 11 is 0. The molecule has 0 radical (unpaired) electrons. The number of aromatic nitrogens is 2. The lowest BCUT2D eigenvalue weighted by atomic mass is 10.2. The lowest BCUT2D eigenvalue weighted by molar-refractivity contribution is -0.142. The number of esters is 1. The number of carbonyl (C=O) groups excluding carboxylic acids is 1. The van der Waals surface area contributed by atoms with Crippen LogP contribution < -0.4 is 0 Å². The number of hydrogen-bond acceptors (Lipinski definition) is 3. The van der Waals surface area contributed by atoms with Gasteiger partial charge in [-0.1, -0.05) is 0 Å². The second kappa shape index (κ2) is 2.62. The number of nitrogens with one attached hydrogen (secondary N) is 1. The first kappa shape index (κ1) is 7.34. The van der Waals surface area contributed by atoms with Crippen LogP contribution in [0.2, 0.25) is 0 Å². The molecule has 64 valence electrons. The summed E-state index contributed by atoms with van der Waals surface area (Å²) in [6, 6.07) is 0. The van der Waals surface area contributed by atoms with Gasteiger partial charge in [0.05, 0.1) is 19.4 Å². The van der Waals surface area contributed by atoms with Crippen molar-refractivity contribution in [1.29, 1.82) is 0 Å². The van der Waals surface area contributed by atoms with Crippen LogP contribution in [0.1, 0.15) is 18.0 Å². The molecule has 12 heavy (non-hydrogen) atoms. The summed E-state index contributed by atoms with van der Waals surface area (Å²) in [5.74, 6) is 0.241. The smallest absolute Gasteiger partial charge is 0.309 e. The Morgan fingerprint density at radius 2 is 2.67 bits per heavy atom. The molecule has 0 saturated heterocycles. The molecule has 2 atom stereocenters. The predicted octanol–water partition coefficient (Wildman–Crippen LogP) is 0.686. The van der Waals surface area contributed by atoms with Crippen molar-refractivity contribution < 1.29 is 9.53 Å². The van der Waals surface area contributed by atoms with Crippen molar-refractivity contribution in [2.24, 2.45) is 5.92 Å². The summed E-state index contributed by atoms with van der Waals surface area (Å²) in [4.78, 5) is 17.9. The van der Waals surface area contributed by atoms with E-state index in [0.29, 0.717) is 5.92 Å². The molecule has 4 nitrogen and oxygen atoms in total. The molecular weight excluding hydrogens is 156 g/mol. The number of imidazole rings is 1. The predicted molar refractivity (Wildman–Crippen MR) is 41.5 cm³/mol. The van der Waals surface area contributed by atoms with Crippen molar-refractivity contribution >= 4 is 5.97 Å². The molecule has 0 amide bonds. The van der Waals surface area contributed by atoms with E-state index in [0.717, 1.165) is 12.1 Å². The maximum absolute atomic E-state index is 11.0. The van der Waals surface area contributed by atoms with Gasteiger partial charge in [0.1, 0.15) is 0 Å². The maximum Gasteiger partial charge on any atom is 0.309 e. The third kappa shape index (κ3) is 1.09. The highest BCUT2D eigenvalue weighted by Crippen LogP contribution is 2.46. The van der Waals surface area contributed by atoms with Crippen molar-refractivity contribution in [2.45, 2.75) is 12.3 Å². The van der Waals surface area contributed by atoms with Crippen LogP contribution in [0.3, 0.4) is 0 Å². The summed E-state index contributed by atoms with van der Waals surface area (Å²) in [6.45, 7) is 0. The van der Waals surface area contributed by atoms with Crippen molar-refractivity contribution in [3.63, 3.8) is 0 Å². The van der Waals surface area contributed by atoms with Crippen molar-refractivity contribution in [2.75, 3.05) is 7.11 Å². The number of ether oxygens (including phenoxy) is 1. The monoisotopic (exact) mass is 166 g/mol. The van der Waals surface area contributed by atoms with Crippen LogP contribution >= 0.6 is 0 Å². The first-order valence-electron chi connectivity index (χ1n) is 3.89. The average Bonchev–Trinajstić information content (AvgIpc) is 2.71. The van der Waals surface area contributed by atoms with E-state index < -0.39 is 0 Å². The van der Waals surface area contributed by atoms with E-state index in [2.05, 4.69) is 14.7 Å². The van der Waals surface area contributed by atoms with E-state index in [9.17, 15) is 4.79 Å².